The summed E-state index contributed by atoms with van der Waals surface area (Å²) in [6.07, 6.45) is 0. The Hall–Kier alpha value is -0.740. The number of anilines is 1. The maximum atomic E-state index is 5.61. The van der Waals surface area contributed by atoms with Gasteiger partial charge in [-0.1, -0.05) is 15.9 Å². The fraction of sp³-hybridized carbons (Fsp3) is 0.333. The van der Waals surface area contributed by atoms with Gasteiger partial charge in [0, 0.05) is 22.8 Å². The van der Waals surface area contributed by atoms with Crippen LogP contribution in [0.2, 0.25) is 0 Å². The van der Waals surface area contributed by atoms with E-state index in [4.69, 9.17) is 15.2 Å². The monoisotopic (exact) mass is 245 g/mol. The first-order valence-electron chi connectivity index (χ1n) is 3.99. The first-order chi connectivity index (χ1) is 6.22. The molecule has 0 bridgehead atoms. The minimum absolute atomic E-state index is 0.256. The van der Waals surface area contributed by atoms with Gasteiger partial charge in [0.1, 0.15) is 5.75 Å². The Morgan fingerprint density at radius 2 is 2.15 bits per heavy atom. The van der Waals surface area contributed by atoms with E-state index in [2.05, 4.69) is 15.9 Å². The fourth-order valence-corrected chi connectivity index (χ4v) is 1.35. The van der Waals surface area contributed by atoms with Gasteiger partial charge in [0.15, 0.2) is 6.79 Å². The van der Waals surface area contributed by atoms with Crippen molar-refractivity contribution >= 4 is 21.6 Å². The van der Waals surface area contributed by atoms with Gasteiger partial charge in [-0.05, 0) is 19.1 Å². The molecule has 1 aromatic carbocycles. The molecule has 1 aromatic rings. The van der Waals surface area contributed by atoms with E-state index in [1.807, 2.05) is 19.1 Å². The molecule has 0 saturated heterocycles. The Morgan fingerprint density at radius 3 is 2.77 bits per heavy atom. The molecule has 13 heavy (non-hydrogen) atoms. The van der Waals surface area contributed by atoms with Crippen LogP contribution in [-0.2, 0) is 4.74 Å². The highest BCUT2D eigenvalue weighted by Crippen LogP contribution is 2.22. The first kappa shape index (κ1) is 10.3. The largest absolute Gasteiger partial charge is 0.467 e. The van der Waals surface area contributed by atoms with Crippen LogP contribution in [0.15, 0.2) is 22.7 Å². The zero-order valence-electron chi connectivity index (χ0n) is 7.42. The standard InChI is InChI=1S/C9H12BrNO2/c1-2-12-6-13-9-4-7(10)3-8(11)5-9/h3-5H,2,6,11H2,1H3. The van der Waals surface area contributed by atoms with Crippen molar-refractivity contribution in [2.24, 2.45) is 0 Å². The summed E-state index contributed by atoms with van der Waals surface area (Å²) in [5.74, 6) is 0.709. The van der Waals surface area contributed by atoms with E-state index < -0.39 is 0 Å². The highest BCUT2D eigenvalue weighted by molar-refractivity contribution is 9.10. The minimum atomic E-state index is 0.256. The van der Waals surface area contributed by atoms with Crippen LogP contribution in [0.25, 0.3) is 0 Å². The molecule has 0 fully saturated rings. The molecule has 0 aliphatic carbocycles. The molecule has 0 aliphatic rings. The van der Waals surface area contributed by atoms with Crippen LogP contribution in [0.4, 0.5) is 5.69 Å². The third kappa shape index (κ3) is 3.65. The lowest BCUT2D eigenvalue weighted by atomic mass is 10.3. The van der Waals surface area contributed by atoms with Crippen molar-refractivity contribution in [3.63, 3.8) is 0 Å². The molecule has 0 aromatic heterocycles. The van der Waals surface area contributed by atoms with Gasteiger partial charge >= 0.3 is 0 Å². The predicted octanol–water partition coefficient (Wildman–Crippen LogP) is 2.40. The van der Waals surface area contributed by atoms with Crippen LogP contribution >= 0.6 is 15.9 Å². The van der Waals surface area contributed by atoms with Gasteiger partial charge < -0.3 is 15.2 Å². The molecular weight excluding hydrogens is 234 g/mol. The Bertz CT molecular complexity index is 258. The predicted molar refractivity (Wildman–Crippen MR) is 55.7 cm³/mol. The molecule has 0 atom stereocenters. The number of hydrogen-bond donors (Lipinski definition) is 1. The van der Waals surface area contributed by atoms with Crippen molar-refractivity contribution in [3.8, 4) is 5.75 Å². The molecule has 4 heteroatoms. The lowest BCUT2D eigenvalue weighted by Gasteiger charge is -2.06. The third-order valence-corrected chi connectivity index (χ3v) is 1.86. The second kappa shape index (κ2) is 5.09. The van der Waals surface area contributed by atoms with Crippen molar-refractivity contribution in [3.05, 3.63) is 22.7 Å². The summed E-state index contributed by atoms with van der Waals surface area (Å²) in [5, 5.41) is 0. The van der Waals surface area contributed by atoms with E-state index in [1.165, 1.54) is 0 Å². The summed E-state index contributed by atoms with van der Waals surface area (Å²) in [6, 6.07) is 5.41. The van der Waals surface area contributed by atoms with E-state index in [-0.39, 0.29) is 6.79 Å². The molecule has 0 heterocycles. The third-order valence-electron chi connectivity index (χ3n) is 1.41. The first-order valence-corrected chi connectivity index (χ1v) is 4.78. The van der Waals surface area contributed by atoms with Crippen molar-refractivity contribution < 1.29 is 9.47 Å². The van der Waals surface area contributed by atoms with Gasteiger partial charge in [0.25, 0.3) is 0 Å². The van der Waals surface area contributed by atoms with Crippen molar-refractivity contribution in [2.75, 3.05) is 19.1 Å². The summed E-state index contributed by atoms with van der Waals surface area (Å²) in [6.45, 7) is 2.81. The number of benzene rings is 1. The number of halogens is 1. The Balaban J connectivity index is 2.56. The van der Waals surface area contributed by atoms with Crippen LogP contribution in [0.3, 0.4) is 0 Å². The number of rotatable bonds is 4. The molecule has 0 unspecified atom stereocenters. The van der Waals surface area contributed by atoms with E-state index in [0.717, 1.165) is 4.47 Å². The summed E-state index contributed by atoms with van der Waals surface area (Å²) >= 11 is 3.32. The lowest BCUT2D eigenvalue weighted by Crippen LogP contribution is -2.02. The van der Waals surface area contributed by atoms with E-state index in [1.54, 1.807) is 6.07 Å². The van der Waals surface area contributed by atoms with E-state index in [0.29, 0.717) is 18.0 Å². The van der Waals surface area contributed by atoms with Crippen LogP contribution in [-0.4, -0.2) is 13.4 Å². The zero-order valence-corrected chi connectivity index (χ0v) is 9.00. The van der Waals surface area contributed by atoms with E-state index >= 15 is 0 Å². The molecule has 1 rings (SSSR count). The second-order valence-electron chi connectivity index (χ2n) is 2.48. The maximum absolute atomic E-state index is 5.61. The molecule has 0 aliphatic heterocycles. The van der Waals surface area contributed by atoms with Gasteiger partial charge in [0.2, 0.25) is 0 Å². The van der Waals surface area contributed by atoms with Crippen LogP contribution in [0.5, 0.6) is 5.75 Å². The zero-order chi connectivity index (χ0) is 9.68. The summed E-state index contributed by atoms with van der Waals surface area (Å²) in [4.78, 5) is 0. The van der Waals surface area contributed by atoms with Crippen molar-refractivity contribution in [2.45, 2.75) is 6.92 Å². The topological polar surface area (TPSA) is 44.5 Å². The Kier molecular flexibility index (Phi) is 4.05. The summed E-state index contributed by atoms with van der Waals surface area (Å²) < 4.78 is 11.2. The molecule has 0 amide bonds. The van der Waals surface area contributed by atoms with Gasteiger partial charge in [0.05, 0.1) is 0 Å². The molecule has 0 saturated carbocycles. The van der Waals surface area contributed by atoms with Gasteiger partial charge in [-0.25, -0.2) is 0 Å². The van der Waals surface area contributed by atoms with Gasteiger partial charge in [-0.15, -0.1) is 0 Å². The number of ether oxygens (including phenoxy) is 2. The Labute approximate surface area is 86.0 Å². The average Bonchev–Trinajstić information content (AvgIpc) is 2.03. The average molecular weight is 246 g/mol. The molecule has 2 N–H and O–H groups in total. The summed E-state index contributed by atoms with van der Waals surface area (Å²) in [7, 11) is 0. The molecule has 72 valence electrons. The normalized spacial score (nSPS) is 10.0. The summed E-state index contributed by atoms with van der Waals surface area (Å²) in [5.41, 5.74) is 6.28. The number of nitrogen functional groups attached to an aromatic ring is 1. The molecular formula is C9H12BrNO2. The smallest absolute Gasteiger partial charge is 0.189 e. The SMILES string of the molecule is CCOCOc1cc(N)cc(Br)c1. The van der Waals surface area contributed by atoms with Crippen LogP contribution in [0.1, 0.15) is 6.92 Å². The second-order valence-corrected chi connectivity index (χ2v) is 3.39. The Morgan fingerprint density at radius 1 is 1.38 bits per heavy atom. The van der Waals surface area contributed by atoms with E-state index in [9.17, 15) is 0 Å². The number of nitrogens with two attached hydrogens (primary N) is 1. The quantitative estimate of drug-likeness (QED) is 0.504. The maximum Gasteiger partial charge on any atom is 0.189 e. The fourth-order valence-electron chi connectivity index (χ4n) is 0.861. The van der Waals surface area contributed by atoms with Crippen molar-refractivity contribution in [1.82, 2.24) is 0 Å². The number of hydrogen-bond acceptors (Lipinski definition) is 3. The lowest BCUT2D eigenvalue weighted by molar-refractivity contribution is 0.0224. The molecule has 3 nitrogen and oxygen atoms in total. The van der Waals surface area contributed by atoms with Gasteiger partial charge in [-0.2, -0.15) is 0 Å². The van der Waals surface area contributed by atoms with Crippen LogP contribution < -0.4 is 10.5 Å². The molecule has 0 spiro atoms. The highest BCUT2D eigenvalue weighted by Gasteiger charge is 1.97. The van der Waals surface area contributed by atoms with Crippen LogP contribution in [0, 0.1) is 0 Å². The van der Waals surface area contributed by atoms with Crippen molar-refractivity contribution in [1.29, 1.82) is 0 Å². The minimum Gasteiger partial charge on any atom is -0.467 e. The highest BCUT2D eigenvalue weighted by atomic mass is 79.9. The van der Waals surface area contributed by atoms with Gasteiger partial charge in [-0.3, -0.25) is 0 Å². The molecule has 0 radical (unpaired) electrons.